The first-order valence-corrected chi connectivity index (χ1v) is 21.7. The second-order valence-corrected chi connectivity index (χ2v) is 18.1. The molecular weight excluding hydrogens is 787 g/mol. The van der Waals surface area contributed by atoms with Crippen LogP contribution in [0.3, 0.4) is 0 Å². The number of carbonyl (C=O) groups is 5. The monoisotopic (exact) mass is 845 g/mol. The number of fused-ring (bicyclic) bond motifs is 6. The fourth-order valence-electron chi connectivity index (χ4n) is 9.44. The zero-order chi connectivity index (χ0) is 44.5. The van der Waals surface area contributed by atoms with Crippen LogP contribution in [0.2, 0.25) is 0 Å². The third-order valence-corrected chi connectivity index (χ3v) is 12.5. The van der Waals surface area contributed by atoms with Gasteiger partial charge >= 0.3 is 5.97 Å². The number of nitrogens with one attached hydrogen (secondary N) is 2. The van der Waals surface area contributed by atoms with E-state index in [-0.39, 0.29) is 49.6 Å². The van der Waals surface area contributed by atoms with Crippen LogP contribution >= 0.6 is 0 Å². The molecule has 2 fully saturated rings. The molecule has 2 aromatic heterocycles. The number of phenolic OH excluding ortho intramolecular Hbond substituents is 1. The van der Waals surface area contributed by atoms with Crippen LogP contribution in [0.15, 0.2) is 73.6 Å². The summed E-state index contributed by atoms with van der Waals surface area (Å²) in [4.78, 5) is 76.4. The van der Waals surface area contributed by atoms with Crippen molar-refractivity contribution in [2.45, 2.75) is 91.4 Å². The van der Waals surface area contributed by atoms with Gasteiger partial charge in [-0.15, -0.1) is 0 Å². The van der Waals surface area contributed by atoms with Crippen molar-refractivity contribution < 1.29 is 33.8 Å². The minimum absolute atomic E-state index is 0.00195. The van der Waals surface area contributed by atoms with Crippen molar-refractivity contribution in [3.63, 3.8) is 0 Å². The van der Waals surface area contributed by atoms with Crippen LogP contribution in [0.4, 0.5) is 0 Å². The highest BCUT2D eigenvalue weighted by Crippen LogP contribution is 2.40. The number of phenols is 1. The summed E-state index contributed by atoms with van der Waals surface area (Å²) in [6, 6.07) is 12.5. The number of rotatable bonds is 8. The highest BCUT2D eigenvalue weighted by atomic mass is 16.5. The summed E-state index contributed by atoms with van der Waals surface area (Å²) < 4.78 is 8.33. The highest BCUT2D eigenvalue weighted by molar-refractivity contribution is 5.96. The molecule has 7 rings (SSSR count). The Morgan fingerprint density at radius 2 is 1.87 bits per heavy atom. The minimum Gasteiger partial charge on any atom is -0.508 e. The number of hydrazine groups is 1. The molecular formula is C48H59N7O7. The van der Waals surface area contributed by atoms with Crippen LogP contribution in [-0.2, 0) is 48.1 Å². The standard InChI is InChI=1S/C48H59N7O7/c1-8-41(57)53-19-16-33(27-53)45(59)52(7)42(29(3)4)44(58)50-39-22-30-20-34(23-35(56)21-30)31-14-15-40-36(24-31)37(43(54(40)9-2)32-12-10-17-49-26-32)25-48(5,6)28-62-47(61)38-13-11-18-55(51-38)46(39)60/h8,10,12,14-15,17,20-21,23-24,26,29,33,38-39,42,51,56H,1,9,11,13,16,18-19,22,25,27-28H2,2-7H3,(H,50,58)/t33-,38-,39-,42-/m0/s1. The van der Waals surface area contributed by atoms with Gasteiger partial charge in [0, 0.05) is 73.9 Å². The maximum Gasteiger partial charge on any atom is 0.324 e. The predicted octanol–water partition coefficient (Wildman–Crippen LogP) is 5.26. The molecule has 4 amide bonds. The number of cyclic esters (lactones) is 1. The molecule has 2 saturated heterocycles. The zero-order valence-corrected chi connectivity index (χ0v) is 36.6. The van der Waals surface area contributed by atoms with Crippen LogP contribution < -0.4 is 10.7 Å². The molecule has 4 aromatic rings. The molecule has 14 heteroatoms. The van der Waals surface area contributed by atoms with Gasteiger partial charge in [0.05, 0.1) is 18.2 Å². The molecule has 62 heavy (non-hydrogen) atoms. The number of amides is 4. The molecule has 0 unspecified atom stereocenters. The Kier molecular flexibility index (Phi) is 12.9. The summed E-state index contributed by atoms with van der Waals surface area (Å²) in [5, 5.41) is 16.6. The molecule has 3 aliphatic heterocycles. The number of pyridine rings is 1. The number of esters is 1. The summed E-state index contributed by atoms with van der Waals surface area (Å²) in [6.07, 6.45) is 6.86. The van der Waals surface area contributed by atoms with E-state index in [0.717, 1.165) is 38.9 Å². The van der Waals surface area contributed by atoms with Crippen molar-refractivity contribution in [3.05, 3.63) is 84.7 Å². The van der Waals surface area contributed by atoms with E-state index in [9.17, 15) is 29.1 Å². The Labute approximate surface area is 363 Å². The van der Waals surface area contributed by atoms with Gasteiger partial charge in [-0.1, -0.05) is 46.4 Å². The Morgan fingerprint density at radius 3 is 2.58 bits per heavy atom. The van der Waals surface area contributed by atoms with E-state index in [1.54, 1.807) is 30.3 Å². The molecule has 3 N–H and O–H groups in total. The van der Waals surface area contributed by atoms with Crippen molar-refractivity contribution >= 4 is 40.5 Å². The lowest BCUT2D eigenvalue weighted by Gasteiger charge is -2.37. The van der Waals surface area contributed by atoms with E-state index in [1.807, 2.05) is 38.2 Å². The SMILES string of the molecule is C=CC(=O)N1CC[C@H](C(=O)N(C)[C@H](C(=O)N[C@H]2Cc3cc(O)cc(c3)-c3ccc4c(c3)c(c(-c3cccnc3)n4CC)CC(C)(C)COC(=O)[C@@H]3CCCN(N3)C2=O)C(C)C)C1. The van der Waals surface area contributed by atoms with Crippen molar-refractivity contribution in [2.75, 3.05) is 33.3 Å². The summed E-state index contributed by atoms with van der Waals surface area (Å²) in [5.74, 6) is -2.80. The molecule has 6 bridgehead atoms. The van der Waals surface area contributed by atoms with E-state index < -0.39 is 47.2 Å². The van der Waals surface area contributed by atoms with E-state index in [1.165, 1.54) is 16.0 Å². The highest BCUT2D eigenvalue weighted by Gasteiger charge is 2.40. The molecule has 2 aromatic carbocycles. The van der Waals surface area contributed by atoms with Crippen LogP contribution in [0.25, 0.3) is 33.3 Å². The number of likely N-dealkylation sites (N-methyl/N-ethyl adjacent to an activating group) is 1. The molecule has 0 spiro atoms. The summed E-state index contributed by atoms with van der Waals surface area (Å²) in [7, 11) is 1.58. The van der Waals surface area contributed by atoms with E-state index in [0.29, 0.717) is 44.3 Å². The minimum atomic E-state index is -1.15. The third kappa shape index (κ3) is 9.11. The smallest absolute Gasteiger partial charge is 0.324 e. The number of hydrogen-bond acceptors (Lipinski definition) is 9. The lowest BCUT2D eigenvalue weighted by Crippen LogP contribution is -2.62. The third-order valence-electron chi connectivity index (χ3n) is 12.5. The number of hydrogen-bond donors (Lipinski definition) is 3. The maximum atomic E-state index is 14.6. The first kappa shape index (κ1) is 44.0. The second-order valence-electron chi connectivity index (χ2n) is 18.1. The first-order chi connectivity index (χ1) is 29.6. The van der Waals surface area contributed by atoms with E-state index in [2.05, 4.69) is 65.8 Å². The van der Waals surface area contributed by atoms with Crippen LogP contribution in [0.5, 0.6) is 5.75 Å². The van der Waals surface area contributed by atoms with Crippen molar-refractivity contribution in [3.8, 4) is 28.1 Å². The van der Waals surface area contributed by atoms with Gasteiger partial charge in [-0.25, -0.2) is 5.43 Å². The molecule has 4 atom stereocenters. The number of aryl methyl sites for hydroxylation is 1. The van der Waals surface area contributed by atoms with Gasteiger partial charge in [0.15, 0.2) is 0 Å². The molecule has 328 valence electrons. The Morgan fingerprint density at radius 1 is 1.08 bits per heavy atom. The van der Waals surface area contributed by atoms with Gasteiger partial charge < -0.3 is 29.5 Å². The van der Waals surface area contributed by atoms with Crippen molar-refractivity contribution in [1.82, 2.24) is 35.1 Å². The van der Waals surface area contributed by atoms with Crippen molar-refractivity contribution in [2.24, 2.45) is 17.3 Å². The van der Waals surface area contributed by atoms with Gasteiger partial charge in [-0.3, -0.25) is 34.0 Å². The average Bonchev–Trinajstić information content (AvgIpc) is 3.87. The molecule has 0 saturated carbocycles. The lowest BCUT2D eigenvalue weighted by atomic mass is 9.84. The van der Waals surface area contributed by atoms with Crippen LogP contribution in [-0.4, -0.2) is 110 Å². The number of aromatic hydroxyl groups is 1. The zero-order valence-electron chi connectivity index (χ0n) is 36.6. The molecule has 3 aliphatic rings. The Bertz CT molecular complexity index is 2370. The van der Waals surface area contributed by atoms with Gasteiger partial charge in [0.1, 0.15) is 23.9 Å². The Balaban J connectivity index is 1.28. The lowest BCUT2D eigenvalue weighted by molar-refractivity contribution is -0.155. The summed E-state index contributed by atoms with van der Waals surface area (Å²) >= 11 is 0. The predicted molar refractivity (Wildman–Crippen MR) is 236 cm³/mol. The number of nitrogens with zero attached hydrogens (tertiary/aromatic N) is 5. The topological polar surface area (TPSA) is 166 Å². The summed E-state index contributed by atoms with van der Waals surface area (Å²) in [5.41, 5.74) is 8.93. The number of likely N-dealkylation sites (tertiary alicyclic amines) is 1. The number of carbonyl (C=O) groups excluding carboxylic acids is 5. The Hall–Kier alpha value is -6.02. The second kappa shape index (κ2) is 18.1. The fourth-order valence-corrected chi connectivity index (χ4v) is 9.44. The van der Waals surface area contributed by atoms with Crippen LogP contribution in [0, 0.1) is 17.3 Å². The normalized spacial score (nSPS) is 21.0. The molecule has 5 heterocycles. The van der Waals surface area contributed by atoms with Crippen molar-refractivity contribution in [1.29, 1.82) is 0 Å². The molecule has 14 nitrogen and oxygen atoms in total. The fraction of sp³-hybridized carbons (Fsp3) is 0.458. The summed E-state index contributed by atoms with van der Waals surface area (Å²) in [6.45, 7) is 15.3. The van der Waals surface area contributed by atoms with Gasteiger partial charge in [0.25, 0.3) is 5.91 Å². The molecule has 0 radical (unpaired) electrons. The van der Waals surface area contributed by atoms with Gasteiger partial charge in [-0.05, 0) is 103 Å². The maximum absolute atomic E-state index is 14.6. The largest absolute Gasteiger partial charge is 0.508 e. The number of ether oxygens (including phenoxy) is 1. The van der Waals surface area contributed by atoms with Crippen LogP contribution in [0.1, 0.15) is 65.0 Å². The van der Waals surface area contributed by atoms with Gasteiger partial charge in [-0.2, -0.15) is 0 Å². The van der Waals surface area contributed by atoms with E-state index in [4.69, 9.17) is 4.74 Å². The first-order valence-electron chi connectivity index (χ1n) is 21.7. The average molecular weight is 846 g/mol. The molecule has 0 aliphatic carbocycles. The number of benzene rings is 2. The quantitative estimate of drug-likeness (QED) is 0.159. The van der Waals surface area contributed by atoms with E-state index >= 15 is 0 Å². The number of aromatic nitrogens is 2. The van der Waals surface area contributed by atoms with Gasteiger partial charge in [0.2, 0.25) is 17.7 Å².